The predicted molar refractivity (Wildman–Crippen MR) is 77.3 cm³/mol. The molecule has 1 aromatic carbocycles. The molecule has 1 unspecified atom stereocenters. The maximum Gasteiger partial charge on any atom is 0.123 e. The lowest BCUT2D eigenvalue weighted by molar-refractivity contribution is 0.152. The molecule has 2 fully saturated rings. The van der Waals surface area contributed by atoms with Crippen molar-refractivity contribution < 1.29 is 4.39 Å². The van der Waals surface area contributed by atoms with E-state index in [0.29, 0.717) is 6.04 Å². The van der Waals surface area contributed by atoms with Crippen molar-refractivity contribution in [3.05, 3.63) is 59.2 Å². The molecule has 2 saturated heterocycles. The molecular formula is C17H19FN2. The summed E-state index contributed by atoms with van der Waals surface area (Å²) in [5, 5.41) is 0. The van der Waals surface area contributed by atoms with Crippen molar-refractivity contribution in [3.8, 4) is 0 Å². The lowest BCUT2D eigenvalue weighted by Gasteiger charge is -2.42. The summed E-state index contributed by atoms with van der Waals surface area (Å²) in [7, 11) is 0. The van der Waals surface area contributed by atoms with Gasteiger partial charge in [0.25, 0.3) is 0 Å². The topological polar surface area (TPSA) is 6.48 Å². The Labute approximate surface area is 119 Å². The van der Waals surface area contributed by atoms with E-state index >= 15 is 0 Å². The average molecular weight is 270 g/mol. The van der Waals surface area contributed by atoms with Crippen LogP contribution in [0.5, 0.6) is 0 Å². The fraction of sp³-hybridized carbons (Fsp3) is 0.412. The van der Waals surface area contributed by atoms with Crippen LogP contribution in [0.15, 0.2) is 47.8 Å². The van der Waals surface area contributed by atoms with Crippen molar-refractivity contribution in [1.82, 2.24) is 9.80 Å². The second kappa shape index (κ2) is 4.74. The molecule has 0 amide bonds. The second-order valence-corrected chi connectivity index (χ2v) is 5.99. The first kappa shape index (κ1) is 12.2. The zero-order valence-corrected chi connectivity index (χ0v) is 11.6. The molecule has 0 spiro atoms. The highest BCUT2D eigenvalue weighted by Gasteiger charge is 2.36. The molecule has 1 aromatic rings. The van der Waals surface area contributed by atoms with E-state index < -0.39 is 0 Å². The minimum Gasteiger partial charge on any atom is -0.344 e. The van der Waals surface area contributed by atoms with Gasteiger partial charge in [0.1, 0.15) is 5.82 Å². The van der Waals surface area contributed by atoms with Crippen molar-refractivity contribution in [2.75, 3.05) is 13.1 Å². The van der Waals surface area contributed by atoms with Crippen molar-refractivity contribution >= 4 is 0 Å². The molecule has 0 bridgehead atoms. The highest BCUT2D eigenvalue weighted by atomic mass is 19.1. The monoisotopic (exact) mass is 270 g/mol. The Hall–Kier alpha value is -1.61. The van der Waals surface area contributed by atoms with Crippen molar-refractivity contribution in [1.29, 1.82) is 0 Å². The Morgan fingerprint density at radius 2 is 1.90 bits per heavy atom. The highest BCUT2D eigenvalue weighted by molar-refractivity contribution is 5.28. The summed E-state index contributed by atoms with van der Waals surface area (Å²) in [5.41, 5.74) is 4.21. The molecular weight excluding hydrogens is 251 g/mol. The van der Waals surface area contributed by atoms with E-state index in [1.165, 1.54) is 29.8 Å². The van der Waals surface area contributed by atoms with Gasteiger partial charge in [-0.25, -0.2) is 4.39 Å². The van der Waals surface area contributed by atoms with Gasteiger partial charge < -0.3 is 4.90 Å². The Morgan fingerprint density at radius 1 is 1.10 bits per heavy atom. The van der Waals surface area contributed by atoms with Gasteiger partial charge in [0, 0.05) is 37.1 Å². The van der Waals surface area contributed by atoms with Gasteiger partial charge in [-0.1, -0.05) is 24.3 Å². The summed E-state index contributed by atoms with van der Waals surface area (Å²) in [4.78, 5) is 5.05. The molecule has 3 heterocycles. The molecule has 104 valence electrons. The number of hydrogen-bond donors (Lipinski definition) is 0. The third-order valence-electron chi connectivity index (χ3n) is 4.60. The van der Waals surface area contributed by atoms with Crippen LogP contribution in [-0.4, -0.2) is 28.9 Å². The first-order valence-electron chi connectivity index (χ1n) is 7.44. The second-order valence-electron chi connectivity index (χ2n) is 5.99. The first-order valence-corrected chi connectivity index (χ1v) is 7.44. The van der Waals surface area contributed by atoms with E-state index in [-0.39, 0.29) is 5.82 Å². The summed E-state index contributed by atoms with van der Waals surface area (Å²) in [6.07, 6.45) is 8.31. The molecule has 20 heavy (non-hydrogen) atoms. The van der Waals surface area contributed by atoms with Crippen molar-refractivity contribution in [3.63, 3.8) is 0 Å². The Bertz CT molecular complexity index is 573. The third-order valence-corrected chi connectivity index (χ3v) is 4.60. The Balaban J connectivity index is 1.51. The number of piperazine rings is 1. The quantitative estimate of drug-likeness (QED) is 0.813. The van der Waals surface area contributed by atoms with Crippen LogP contribution in [0.25, 0.3) is 0 Å². The van der Waals surface area contributed by atoms with Gasteiger partial charge in [0.15, 0.2) is 0 Å². The van der Waals surface area contributed by atoms with E-state index in [1.54, 1.807) is 12.1 Å². The minimum absolute atomic E-state index is 0.154. The summed E-state index contributed by atoms with van der Waals surface area (Å²) >= 11 is 0. The summed E-state index contributed by atoms with van der Waals surface area (Å²) in [6.45, 7) is 3.05. The molecule has 4 rings (SSSR count). The summed E-state index contributed by atoms with van der Waals surface area (Å²) in [5.74, 6) is -0.154. The van der Waals surface area contributed by atoms with Crippen LogP contribution in [0.1, 0.15) is 24.8 Å². The van der Waals surface area contributed by atoms with Gasteiger partial charge in [-0.05, 0) is 37.0 Å². The van der Waals surface area contributed by atoms with Gasteiger partial charge in [-0.2, -0.15) is 0 Å². The normalized spacial score (nSPS) is 25.2. The molecule has 1 atom stereocenters. The number of hydrogen-bond acceptors (Lipinski definition) is 2. The fourth-order valence-electron chi connectivity index (χ4n) is 3.72. The van der Waals surface area contributed by atoms with Crippen LogP contribution >= 0.6 is 0 Å². The van der Waals surface area contributed by atoms with E-state index in [2.05, 4.69) is 22.0 Å². The van der Waals surface area contributed by atoms with E-state index in [4.69, 9.17) is 0 Å². The van der Waals surface area contributed by atoms with Crippen LogP contribution < -0.4 is 0 Å². The number of allylic oxidation sites excluding steroid dienone is 3. The zero-order valence-electron chi connectivity index (χ0n) is 11.6. The smallest absolute Gasteiger partial charge is 0.123 e. The zero-order chi connectivity index (χ0) is 13.5. The molecule has 3 aliphatic rings. The van der Waals surface area contributed by atoms with Crippen LogP contribution in [0.3, 0.4) is 0 Å². The van der Waals surface area contributed by atoms with Gasteiger partial charge in [0.2, 0.25) is 0 Å². The third kappa shape index (κ3) is 2.06. The first-order chi connectivity index (χ1) is 9.79. The lowest BCUT2D eigenvalue weighted by atomic mass is 10.1. The molecule has 0 aromatic heterocycles. The summed E-state index contributed by atoms with van der Waals surface area (Å²) in [6, 6.07) is 7.56. The van der Waals surface area contributed by atoms with Gasteiger partial charge in [0.05, 0.1) is 0 Å². The molecule has 0 radical (unpaired) electrons. The minimum atomic E-state index is -0.154. The Kier molecular flexibility index (Phi) is 2.88. The van der Waals surface area contributed by atoms with Crippen LogP contribution in [0.4, 0.5) is 4.39 Å². The van der Waals surface area contributed by atoms with Crippen LogP contribution in [0.2, 0.25) is 0 Å². The largest absolute Gasteiger partial charge is 0.344 e. The molecule has 2 nitrogen and oxygen atoms in total. The highest BCUT2D eigenvalue weighted by Crippen LogP contribution is 2.38. The summed E-state index contributed by atoms with van der Waals surface area (Å²) < 4.78 is 13.0. The SMILES string of the molecule is Fc1ccc(CN2CC3=CCC=C4CCC(C2)N43)cc1. The van der Waals surface area contributed by atoms with Gasteiger partial charge in [-0.3, -0.25) is 4.90 Å². The Morgan fingerprint density at radius 3 is 2.75 bits per heavy atom. The number of halogens is 1. The van der Waals surface area contributed by atoms with E-state index in [0.717, 1.165) is 26.1 Å². The van der Waals surface area contributed by atoms with Crippen molar-refractivity contribution in [2.45, 2.75) is 31.8 Å². The molecule has 0 saturated carbocycles. The average Bonchev–Trinajstić information content (AvgIpc) is 2.87. The maximum atomic E-state index is 13.0. The molecule has 0 N–H and O–H groups in total. The molecule has 3 aliphatic heterocycles. The fourth-order valence-corrected chi connectivity index (χ4v) is 3.72. The number of benzene rings is 1. The van der Waals surface area contributed by atoms with Gasteiger partial charge in [-0.15, -0.1) is 0 Å². The predicted octanol–water partition coefficient (Wildman–Crippen LogP) is 3.28. The molecule has 0 aliphatic carbocycles. The lowest BCUT2D eigenvalue weighted by Crippen LogP contribution is -2.48. The van der Waals surface area contributed by atoms with Crippen LogP contribution in [0, 0.1) is 5.82 Å². The number of rotatable bonds is 2. The van der Waals surface area contributed by atoms with Gasteiger partial charge >= 0.3 is 0 Å². The standard InChI is InChI=1S/C17H19FN2/c18-14-6-4-13(5-7-14)10-19-11-16-3-1-2-15-8-9-17(12-19)20(15)16/h2-7,17H,1,8-12H2. The number of nitrogens with zero attached hydrogens (tertiary/aromatic N) is 2. The van der Waals surface area contributed by atoms with Crippen LogP contribution in [-0.2, 0) is 6.54 Å². The van der Waals surface area contributed by atoms with E-state index in [1.807, 2.05) is 12.1 Å². The maximum absolute atomic E-state index is 13.0. The van der Waals surface area contributed by atoms with Crippen molar-refractivity contribution in [2.24, 2.45) is 0 Å². The molecule has 3 heteroatoms. The van der Waals surface area contributed by atoms with E-state index in [9.17, 15) is 4.39 Å².